The zero-order chi connectivity index (χ0) is 16.9. The van der Waals surface area contributed by atoms with Gasteiger partial charge in [0.05, 0.1) is 6.61 Å². The van der Waals surface area contributed by atoms with Crippen molar-refractivity contribution in [2.75, 3.05) is 45.9 Å². The van der Waals surface area contributed by atoms with Crippen molar-refractivity contribution in [1.82, 2.24) is 10.6 Å². The van der Waals surface area contributed by atoms with E-state index in [4.69, 9.17) is 9.47 Å². The molecule has 6 heteroatoms. The number of methoxy groups -OCH3 is 1. The Morgan fingerprint density at radius 3 is 2.78 bits per heavy atom. The van der Waals surface area contributed by atoms with Gasteiger partial charge in [-0.15, -0.1) is 0 Å². The fourth-order valence-electron chi connectivity index (χ4n) is 2.00. The van der Waals surface area contributed by atoms with E-state index in [0.29, 0.717) is 19.8 Å². The Kier molecular flexibility index (Phi) is 10.3. The molecule has 0 unspecified atom stereocenters. The topological polar surface area (TPSA) is 54.9 Å². The minimum absolute atomic E-state index is 0.658. The van der Waals surface area contributed by atoms with Crippen molar-refractivity contribution >= 4 is 17.7 Å². The Morgan fingerprint density at radius 2 is 2.09 bits per heavy atom. The molecule has 0 saturated heterocycles. The maximum Gasteiger partial charge on any atom is 0.191 e. The van der Waals surface area contributed by atoms with E-state index in [1.165, 1.54) is 5.56 Å². The normalized spacial score (nSPS) is 11.4. The number of hydrogen-bond donors (Lipinski definition) is 2. The fraction of sp³-hybridized carbons (Fsp3) is 0.588. The summed E-state index contributed by atoms with van der Waals surface area (Å²) in [5.41, 5.74) is 2.32. The van der Waals surface area contributed by atoms with Crippen molar-refractivity contribution < 1.29 is 9.47 Å². The van der Waals surface area contributed by atoms with E-state index in [2.05, 4.69) is 47.0 Å². The van der Waals surface area contributed by atoms with Crippen LogP contribution in [0, 0.1) is 6.92 Å². The van der Waals surface area contributed by atoms with Crippen LogP contribution in [0.3, 0.4) is 0 Å². The average Bonchev–Trinajstić information content (AvgIpc) is 2.56. The molecular weight excluding hydrogens is 310 g/mol. The molecule has 0 amide bonds. The van der Waals surface area contributed by atoms with E-state index in [1.54, 1.807) is 14.2 Å². The lowest BCUT2D eigenvalue weighted by Crippen LogP contribution is -2.38. The van der Waals surface area contributed by atoms with Gasteiger partial charge in [0, 0.05) is 51.6 Å². The third-order valence-corrected chi connectivity index (χ3v) is 3.85. The van der Waals surface area contributed by atoms with Crippen LogP contribution in [0.5, 0.6) is 5.75 Å². The van der Waals surface area contributed by atoms with Gasteiger partial charge in [0.2, 0.25) is 0 Å². The van der Waals surface area contributed by atoms with E-state index in [0.717, 1.165) is 36.0 Å². The summed E-state index contributed by atoms with van der Waals surface area (Å²) in [7, 11) is 3.49. The number of ether oxygens (including phenoxy) is 2. The number of aryl methyl sites for hydroxylation is 1. The standard InChI is InChI=1S/C17H29N3O2S/c1-14-6-7-15(16(12-14)22-10-5-9-21-3)13-20-17(18-2)19-8-11-23-4/h6-7,12H,5,8-11,13H2,1-4H3,(H2,18,19,20). The van der Waals surface area contributed by atoms with Gasteiger partial charge in [-0.2, -0.15) is 11.8 Å². The molecule has 0 aliphatic rings. The maximum absolute atomic E-state index is 5.90. The second-order valence-electron chi connectivity index (χ2n) is 5.15. The Bertz CT molecular complexity index is 481. The number of thioether (sulfide) groups is 1. The van der Waals surface area contributed by atoms with E-state index in [9.17, 15) is 0 Å². The molecule has 0 fully saturated rings. The lowest BCUT2D eigenvalue weighted by atomic mass is 10.1. The maximum atomic E-state index is 5.90. The van der Waals surface area contributed by atoms with Gasteiger partial charge in [-0.25, -0.2) is 0 Å². The lowest BCUT2D eigenvalue weighted by Gasteiger charge is -2.15. The van der Waals surface area contributed by atoms with Crippen LogP contribution in [0.1, 0.15) is 17.5 Å². The average molecular weight is 340 g/mol. The largest absolute Gasteiger partial charge is 0.493 e. The molecule has 5 nitrogen and oxygen atoms in total. The van der Waals surface area contributed by atoms with Crippen LogP contribution in [0.15, 0.2) is 23.2 Å². The van der Waals surface area contributed by atoms with Crippen molar-refractivity contribution in [3.05, 3.63) is 29.3 Å². The zero-order valence-electron chi connectivity index (χ0n) is 14.6. The Labute approximate surface area is 144 Å². The number of aliphatic imine (C=N–C) groups is 1. The molecular formula is C17H29N3O2S. The molecule has 0 spiro atoms. The van der Waals surface area contributed by atoms with Crippen molar-refractivity contribution in [1.29, 1.82) is 0 Å². The highest BCUT2D eigenvalue weighted by molar-refractivity contribution is 7.98. The lowest BCUT2D eigenvalue weighted by molar-refractivity contribution is 0.172. The van der Waals surface area contributed by atoms with Gasteiger partial charge in [0.15, 0.2) is 5.96 Å². The highest BCUT2D eigenvalue weighted by atomic mass is 32.2. The van der Waals surface area contributed by atoms with Crippen LogP contribution in [0.4, 0.5) is 0 Å². The molecule has 0 radical (unpaired) electrons. The highest BCUT2D eigenvalue weighted by Gasteiger charge is 2.06. The van der Waals surface area contributed by atoms with Crippen LogP contribution in [-0.4, -0.2) is 51.9 Å². The van der Waals surface area contributed by atoms with Gasteiger partial charge in [-0.1, -0.05) is 12.1 Å². The SMILES string of the molecule is CN=C(NCCSC)NCc1ccc(C)cc1OCCCOC. The van der Waals surface area contributed by atoms with E-state index in [1.807, 2.05) is 11.8 Å². The van der Waals surface area contributed by atoms with Gasteiger partial charge in [-0.05, 0) is 24.8 Å². The summed E-state index contributed by atoms with van der Waals surface area (Å²) in [6.45, 7) is 5.02. The summed E-state index contributed by atoms with van der Waals surface area (Å²) < 4.78 is 11.0. The molecule has 0 aliphatic heterocycles. The number of rotatable bonds is 10. The quantitative estimate of drug-likeness (QED) is 0.390. The van der Waals surface area contributed by atoms with Crippen molar-refractivity contribution in [2.24, 2.45) is 4.99 Å². The van der Waals surface area contributed by atoms with Crippen molar-refractivity contribution in [3.8, 4) is 5.75 Å². The summed E-state index contributed by atoms with van der Waals surface area (Å²) in [4.78, 5) is 4.24. The first kappa shape index (κ1) is 19.6. The molecule has 0 atom stereocenters. The van der Waals surface area contributed by atoms with Gasteiger partial charge in [-0.3, -0.25) is 4.99 Å². The molecule has 0 aromatic heterocycles. The number of benzene rings is 1. The summed E-state index contributed by atoms with van der Waals surface area (Å²) in [6.07, 6.45) is 2.98. The first-order valence-corrected chi connectivity index (χ1v) is 9.25. The molecule has 23 heavy (non-hydrogen) atoms. The Hall–Kier alpha value is -1.40. The number of nitrogens with one attached hydrogen (secondary N) is 2. The van der Waals surface area contributed by atoms with Gasteiger partial charge < -0.3 is 20.1 Å². The van der Waals surface area contributed by atoms with Gasteiger partial charge in [0.1, 0.15) is 5.75 Å². The molecule has 0 aliphatic carbocycles. The summed E-state index contributed by atoms with van der Waals surface area (Å²) in [6, 6.07) is 6.28. The molecule has 0 heterocycles. The van der Waals surface area contributed by atoms with E-state index >= 15 is 0 Å². The van der Waals surface area contributed by atoms with Crippen LogP contribution in [-0.2, 0) is 11.3 Å². The van der Waals surface area contributed by atoms with Gasteiger partial charge >= 0.3 is 0 Å². The van der Waals surface area contributed by atoms with E-state index < -0.39 is 0 Å². The molecule has 0 bridgehead atoms. The fourth-order valence-corrected chi connectivity index (χ4v) is 2.30. The third kappa shape index (κ3) is 8.13. The molecule has 1 rings (SSSR count). The predicted molar refractivity (Wildman–Crippen MR) is 99.8 cm³/mol. The molecule has 130 valence electrons. The third-order valence-electron chi connectivity index (χ3n) is 3.24. The second kappa shape index (κ2) is 12.1. The minimum Gasteiger partial charge on any atom is -0.493 e. The molecule has 1 aromatic carbocycles. The summed E-state index contributed by atoms with van der Waals surface area (Å²) >= 11 is 1.81. The molecule has 2 N–H and O–H groups in total. The summed E-state index contributed by atoms with van der Waals surface area (Å²) in [5, 5.41) is 6.62. The van der Waals surface area contributed by atoms with Crippen molar-refractivity contribution in [2.45, 2.75) is 19.9 Å². The van der Waals surface area contributed by atoms with Crippen molar-refractivity contribution in [3.63, 3.8) is 0 Å². The monoisotopic (exact) mass is 339 g/mol. The van der Waals surface area contributed by atoms with Crippen LogP contribution in [0.25, 0.3) is 0 Å². The minimum atomic E-state index is 0.658. The van der Waals surface area contributed by atoms with E-state index in [-0.39, 0.29) is 0 Å². The smallest absolute Gasteiger partial charge is 0.191 e. The second-order valence-corrected chi connectivity index (χ2v) is 6.14. The predicted octanol–water partition coefficient (Wildman–Crippen LogP) is 2.44. The Morgan fingerprint density at radius 1 is 1.26 bits per heavy atom. The van der Waals surface area contributed by atoms with Crippen LogP contribution < -0.4 is 15.4 Å². The highest BCUT2D eigenvalue weighted by Crippen LogP contribution is 2.20. The number of guanidine groups is 1. The first-order chi connectivity index (χ1) is 11.2. The van der Waals surface area contributed by atoms with Crippen LogP contribution >= 0.6 is 11.8 Å². The van der Waals surface area contributed by atoms with Gasteiger partial charge in [0.25, 0.3) is 0 Å². The zero-order valence-corrected chi connectivity index (χ0v) is 15.5. The Balaban J connectivity index is 2.57. The summed E-state index contributed by atoms with van der Waals surface area (Å²) in [5.74, 6) is 2.79. The molecule has 0 saturated carbocycles. The number of hydrogen-bond acceptors (Lipinski definition) is 4. The first-order valence-electron chi connectivity index (χ1n) is 7.86. The number of nitrogens with zero attached hydrogens (tertiary/aromatic N) is 1. The molecule has 1 aromatic rings. The van der Waals surface area contributed by atoms with Crippen LogP contribution in [0.2, 0.25) is 0 Å².